The van der Waals surface area contributed by atoms with Crippen molar-refractivity contribution < 1.29 is 0 Å². The SMILES string of the molecule is CC(=Nc1c(C(C)C)cccc1C(C)C)c1cccc(-c2ccc(-c3ccccc3)cc2)n1. The Labute approximate surface area is 198 Å². The summed E-state index contributed by atoms with van der Waals surface area (Å²) in [6.07, 6.45) is 0. The van der Waals surface area contributed by atoms with Crippen molar-refractivity contribution in [2.75, 3.05) is 0 Å². The first-order valence-corrected chi connectivity index (χ1v) is 11.8. The normalized spacial score (nSPS) is 11.9. The molecular formula is C31H32N2. The largest absolute Gasteiger partial charge is 0.251 e. The summed E-state index contributed by atoms with van der Waals surface area (Å²) in [5.41, 5.74) is 10.0. The summed E-state index contributed by atoms with van der Waals surface area (Å²) in [6, 6.07) is 31.8. The van der Waals surface area contributed by atoms with Crippen LogP contribution < -0.4 is 0 Å². The van der Waals surface area contributed by atoms with Crippen LogP contribution in [-0.4, -0.2) is 10.7 Å². The van der Waals surface area contributed by atoms with Gasteiger partial charge in [0.1, 0.15) is 0 Å². The van der Waals surface area contributed by atoms with E-state index in [-0.39, 0.29) is 0 Å². The van der Waals surface area contributed by atoms with E-state index in [1.165, 1.54) is 22.3 Å². The fraction of sp³-hybridized carbons (Fsp3) is 0.226. The lowest BCUT2D eigenvalue weighted by Gasteiger charge is -2.17. The average molecular weight is 433 g/mol. The fourth-order valence-corrected chi connectivity index (χ4v) is 4.13. The number of nitrogens with zero attached hydrogens (tertiary/aromatic N) is 2. The number of rotatable bonds is 6. The molecule has 4 rings (SSSR count). The van der Waals surface area contributed by atoms with E-state index in [0.29, 0.717) is 11.8 Å². The average Bonchev–Trinajstić information content (AvgIpc) is 2.84. The van der Waals surface area contributed by atoms with Gasteiger partial charge in [-0.2, -0.15) is 0 Å². The molecule has 0 spiro atoms. The molecule has 166 valence electrons. The van der Waals surface area contributed by atoms with Crippen molar-refractivity contribution in [1.29, 1.82) is 0 Å². The predicted molar refractivity (Wildman–Crippen MR) is 142 cm³/mol. The van der Waals surface area contributed by atoms with E-state index in [1.54, 1.807) is 0 Å². The number of para-hydroxylation sites is 1. The van der Waals surface area contributed by atoms with Crippen LogP contribution in [0.3, 0.4) is 0 Å². The first kappa shape index (κ1) is 22.7. The van der Waals surface area contributed by atoms with Gasteiger partial charge >= 0.3 is 0 Å². The summed E-state index contributed by atoms with van der Waals surface area (Å²) in [6.45, 7) is 11.0. The third-order valence-corrected chi connectivity index (χ3v) is 6.03. The van der Waals surface area contributed by atoms with Crippen LogP contribution >= 0.6 is 0 Å². The van der Waals surface area contributed by atoms with E-state index in [4.69, 9.17) is 9.98 Å². The van der Waals surface area contributed by atoms with E-state index in [1.807, 2.05) is 12.1 Å². The summed E-state index contributed by atoms with van der Waals surface area (Å²) in [5, 5.41) is 0. The van der Waals surface area contributed by atoms with Crippen LogP contribution in [0.25, 0.3) is 22.4 Å². The summed E-state index contributed by atoms with van der Waals surface area (Å²) in [7, 11) is 0. The molecule has 3 aromatic carbocycles. The van der Waals surface area contributed by atoms with Crippen molar-refractivity contribution >= 4 is 11.4 Å². The van der Waals surface area contributed by atoms with Gasteiger partial charge in [-0.25, -0.2) is 4.98 Å². The van der Waals surface area contributed by atoms with Gasteiger partial charge in [-0.3, -0.25) is 4.99 Å². The van der Waals surface area contributed by atoms with Gasteiger partial charge in [0, 0.05) is 5.56 Å². The molecule has 0 fully saturated rings. The maximum atomic E-state index is 5.11. The Morgan fingerprint density at radius 3 is 1.76 bits per heavy atom. The summed E-state index contributed by atoms with van der Waals surface area (Å²) in [5.74, 6) is 0.829. The smallest absolute Gasteiger partial charge is 0.0849 e. The van der Waals surface area contributed by atoms with Gasteiger partial charge < -0.3 is 0 Å². The minimum atomic E-state index is 0.415. The van der Waals surface area contributed by atoms with Crippen LogP contribution in [0.4, 0.5) is 5.69 Å². The zero-order chi connectivity index (χ0) is 23.4. The van der Waals surface area contributed by atoms with Crippen molar-refractivity contribution in [3.05, 3.63) is 108 Å². The number of hydrogen-bond acceptors (Lipinski definition) is 2. The van der Waals surface area contributed by atoms with Gasteiger partial charge in [0.15, 0.2) is 0 Å². The van der Waals surface area contributed by atoms with E-state index < -0.39 is 0 Å². The summed E-state index contributed by atoms with van der Waals surface area (Å²) >= 11 is 0. The van der Waals surface area contributed by atoms with Crippen LogP contribution in [0.15, 0.2) is 96.0 Å². The molecule has 2 heteroatoms. The van der Waals surface area contributed by atoms with E-state index in [0.717, 1.165) is 28.4 Å². The zero-order valence-electron chi connectivity index (χ0n) is 20.2. The standard InChI is InChI=1S/C31H32N2/c1-21(2)27-13-9-14-28(22(3)4)31(27)32-23(5)29-15-10-16-30(33-29)26-19-17-25(18-20-26)24-11-7-6-8-12-24/h6-22H,1-5H3. The minimum absolute atomic E-state index is 0.415. The second-order valence-corrected chi connectivity index (χ2v) is 9.14. The van der Waals surface area contributed by atoms with E-state index in [2.05, 4.69) is 113 Å². The van der Waals surface area contributed by atoms with Crippen LogP contribution in [0.5, 0.6) is 0 Å². The molecule has 0 amide bonds. The lowest BCUT2D eigenvalue weighted by atomic mass is 9.93. The highest BCUT2D eigenvalue weighted by Gasteiger charge is 2.14. The molecule has 0 saturated heterocycles. The zero-order valence-corrected chi connectivity index (χ0v) is 20.2. The lowest BCUT2D eigenvalue weighted by Crippen LogP contribution is -2.02. The number of pyridine rings is 1. The molecule has 1 heterocycles. The second-order valence-electron chi connectivity index (χ2n) is 9.14. The van der Waals surface area contributed by atoms with Crippen molar-refractivity contribution in [1.82, 2.24) is 4.98 Å². The Balaban J connectivity index is 1.68. The Morgan fingerprint density at radius 1 is 0.606 bits per heavy atom. The van der Waals surface area contributed by atoms with Crippen molar-refractivity contribution in [3.8, 4) is 22.4 Å². The monoisotopic (exact) mass is 432 g/mol. The van der Waals surface area contributed by atoms with Crippen molar-refractivity contribution in [2.45, 2.75) is 46.5 Å². The maximum Gasteiger partial charge on any atom is 0.0849 e. The second kappa shape index (κ2) is 9.95. The Morgan fingerprint density at radius 2 is 1.15 bits per heavy atom. The number of aromatic nitrogens is 1. The summed E-state index contributed by atoms with van der Waals surface area (Å²) < 4.78 is 0. The van der Waals surface area contributed by atoms with Crippen LogP contribution in [0.1, 0.15) is 63.3 Å². The van der Waals surface area contributed by atoms with E-state index >= 15 is 0 Å². The molecule has 0 N–H and O–H groups in total. The van der Waals surface area contributed by atoms with Crippen molar-refractivity contribution in [3.63, 3.8) is 0 Å². The van der Waals surface area contributed by atoms with Crippen LogP contribution in [0.2, 0.25) is 0 Å². The quantitative estimate of drug-likeness (QED) is 0.279. The first-order chi connectivity index (χ1) is 15.9. The van der Waals surface area contributed by atoms with Crippen LogP contribution in [0, 0.1) is 0 Å². The van der Waals surface area contributed by atoms with Gasteiger partial charge in [0.25, 0.3) is 0 Å². The molecular weight excluding hydrogens is 400 g/mol. The number of hydrogen-bond donors (Lipinski definition) is 0. The molecule has 0 saturated carbocycles. The topological polar surface area (TPSA) is 25.2 Å². The molecule has 4 aromatic rings. The number of aliphatic imine (C=N–C) groups is 1. The predicted octanol–water partition coefficient (Wildman–Crippen LogP) is 8.80. The third kappa shape index (κ3) is 5.12. The van der Waals surface area contributed by atoms with Crippen LogP contribution in [-0.2, 0) is 0 Å². The highest BCUT2D eigenvalue weighted by atomic mass is 14.8. The van der Waals surface area contributed by atoms with Gasteiger partial charge in [-0.1, -0.05) is 107 Å². The van der Waals surface area contributed by atoms with Crippen molar-refractivity contribution in [2.24, 2.45) is 4.99 Å². The molecule has 1 aromatic heterocycles. The van der Waals surface area contributed by atoms with Gasteiger partial charge in [-0.15, -0.1) is 0 Å². The molecule has 0 atom stereocenters. The van der Waals surface area contributed by atoms with Gasteiger partial charge in [0.05, 0.1) is 22.8 Å². The highest BCUT2D eigenvalue weighted by molar-refractivity contribution is 5.99. The van der Waals surface area contributed by atoms with Gasteiger partial charge in [-0.05, 0) is 53.1 Å². The highest BCUT2D eigenvalue weighted by Crippen LogP contribution is 2.35. The Kier molecular flexibility index (Phi) is 6.84. The molecule has 2 nitrogen and oxygen atoms in total. The number of benzene rings is 3. The Hall–Kier alpha value is -3.52. The lowest BCUT2D eigenvalue weighted by molar-refractivity contribution is 0.834. The molecule has 0 aliphatic heterocycles. The third-order valence-electron chi connectivity index (χ3n) is 6.03. The molecule has 0 bridgehead atoms. The molecule has 0 aliphatic carbocycles. The molecule has 0 aliphatic rings. The summed E-state index contributed by atoms with van der Waals surface area (Å²) in [4.78, 5) is 10.1. The maximum absolute atomic E-state index is 5.11. The van der Waals surface area contributed by atoms with Gasteiger partial charge in [0.2, 0.25) is 0 Å². The van der Waals surface area contributed by atoms with E-state index in [9.17, 15) is 0 Å². The first-order valence-electron chi connectivity index (χ1n) is 11.8. The molecule has 33 heavy (non-hydrogen) atoms. The Bertz CT molecular complexity index is 1220. The minimum Gasteiger partial charge on any atom is -0.251 e. The molecule has 0 unspecified atom stereocenters. The molecule has 0 radical (unpaired) electrons. The fourth-order valence-electron chi connectivity index (χ4n) is 4.13.